The van der Waals surface area contributed by atoms with Crippen LogP contribution in [0.3, 0.4) is 0 Å². The summed E-state index contributed by atoms with van der Waals surface area (Å²) in [5.41, 5.74) is 0. The van der Waals surface area contributed by atoms with E-state index in [-0.39, 0.29) is 44.6 Å². The van der Waals surface area contributed by atoms with Crippen LogP contribution in [0, 0.1) is 5.92 Å². The van der Waals surface area contributed by atoms with Gasteiger partial charge in [-0.15, -0.1) is 0 Å². The third-order valence-corrected chi connectivity index (χ3v) is 17.3. The Morgan fingerprint density at radius 2 is 1.00 bits per heavy atom. The average molecular weight is 505 g/mol. The second kappa shape index (κ2) is 19.2. The molecular formula is C23H68O3Si4. The summed E-state index contributed by atoms with van der Waals surface area (Å²) in [6, 6.07) is 1.09. The summed E-state index contributed by atoms with van der Waals surface area (Å²) in [6.07, 6.45) is 5.22. The highest BCUT2D eigenvalue weighted by molar-refractivity contribution is 6.89. The maximum Gasteiger partial charge on any atom is 0.316 e. The second-order valence-corrected chi connectivity index (χ2v) is 26.2. The quantitative estimate of drug-likeness (QED) is 0.195. The third kappa shape index (κ3) is 26.8. The molecule has 30 heavy (non-hydrogen) atoms. The summed E-state index contributed by atoms with van der Waals surface area (Å²) in [5, 5.41) is 0. The van der Waals surface area contributed by atoms with Gasteiger partial charge in [-0.3, -0.25) is 0 Å². The molecule has 0 N–H and O–H groups in total. The molecule has 0 spiro atoms. The van der Waals surface area contributed by atoms with Crippen molar-refractivity contribution in [3.05, 3.63) is 0 Å². The van der Waals surface area contributed by atoms with Gasteiger partial charge >= 0.3 is 17.1 Å². The zero-order valence-electron chi connectivity index (χ0n) is 18.3. The van der Waals surface area contributed by atoms with Crippen molar-refractivity contribution in [2.24, 2.45) is 5.92 Å². The zero-order chi connectivity index (χ0) is 19.2. The van der Waals surface area contributed by atoms with Crippen molar-refractivity contribution in [3.63, 3.8) is 0 Å². The van der Waals surface area contributed by atoms with Gasteiger partial charge in [-0.2, -0.15) is 0 Å². The van der Waals surface area contributed by atoms with Gasteiger partial charge < -0.3 is 12.3 Å². The largest absolute Gasteiger partial charge is 0.437 e. The summed E-state index contributed by atoms with van der Waals surface area (Å²) in [4.78, 5) is 0. The topological polar surface area (TPSA) is 27.7 Å². The molecule has 2 unspecified atom stereocenters. The minimum absolute atomic E-state index is 0. The van der Waals surface area contributed by atoms with Crippen LogP contribution in [-0.2, 0) is 12.3 Å². The molecular weight excluding hydrogens is 437 g/mol. The third-order valence-electron chi connectivity index (χ3n) is 3.56. The van der Waals surface area contributed by atoms with Gasteiger partial charge in [0, 0.05) is 0 Å². The Kier molecular flexibility index (Phi) is 30.9. The molecule has 3 nitrogen and oxygen atoms in total. The number of hydrogen-bond donors (Lipinski definition) is 0. The van der Waals surface area contributed by atoms with Crippen LogP contribution in [0.5, 0.6) is 0 Å². The first kappa shape index (κ1) is 48.2. The first-order chi connectivity index (χ1) is 10.6. The lowest BCUT2D eigenvalue weighted by Crippen LogP contribution is -2.57. The summed E-state index contributed by atoms with van der Waals surface area (Å²) in [7, 11) is -7.62. The Labute approximate surface area is 200 Å². The van der Waals surface area contributed by atoms with Gasteiger partial charge in [-0.05, 0) is 70.9 Å². The van der Waals surface area contributed by atoms with Crippen LogP contribution in [0.25, 0.3) is 0 Å². The highest BCUT2D eigenvalue weighted by Crippen LogP contribution is 2.30. The van der Waals surface area contributed by atoms with Crippen LogP contribution in [0.15, 0.2) is 0 Å². The number of hydrogen-bond acceptors (Lipinski definition) is 3. The lowest BCUT2D eigenvalue weighted by atomic mass is 10.1. The van der Waals surface area contributed by atoms with Crippen molar-refractivity contribution in [1.82, 2.24) is 0 Å². The van der Waals surface area contributed by atoms with Crippen molar-refractivity contribution >= 4 is 33.8 Å². The molecule has 0 aliphatic heterocycles. The van der Waals surface area contributed by atoms with Gasteiger partial charge in [0.2, 0.25) is 0 Å². The van der Waals surface area contributed by atoms with Gasteiger partial charge in [-0.25, -0.2) is 0 Å². The SMILES string of the molecule is C.C.C.C.C.C.CCCCCC(C)C[Si](C)(O[Si](C)(C)C)O[Si](C)(C)O[Si](C)(C)C. The number of unbranched alkanes of at least 4 members (excludes halogenated alkanes) is 2. The van der Waals surface area contributed by atoms with Crippen LogP contribution in [0.1, 0.15) is 84.1 Å². The minimum Gasteiger partial charge on any atom is -0.437 e. The van der Waals surface area contributed by atoms with Gasteiger partial charge in [0.15, 0.2) is 16.6 Å². The zero-order valence-corrected chi connectivity index (χ0v) is 22.3. The van der Waals surface area contributed by atoms with Crippen molar-refractivity contribution in [3.8, 4) is 0 Å². The van der Waals surface area contributed by atoms with E-state index < -0.39 is 33.8 Å². The molecule has 0 amide bonds. The van der Waals surface area contributed by atoms with E-state index in [0.29, 0.717) is 5.92 Å². The molecule has 0 aromatic rings. The molecule has 0 aliphatic carbocycles. The first-order valence-corrected chi connectivity index (χ1v) is 21.8. The molecule has 0 fully saturated rings. The molecule has 0 aliphatic rings. The summed E-state index contributed by atoms with van der Waals surface area (Å²) in [6.45, 7) is 24.9. The predicted octanol–water partition coefficient (Wildman–Crippen LogP) is 10.5. The standard InChI is InChI=1S/C17H44O3Si4.6CH4/c1-12-13-14-15-17(2)16-24(11,19-22(6,7)8)20-23(9,10)18-21(3,4)5;;;;;;/h17H,12-16H2,1-11H3;6*1H4. The average Bonchev–Trinajstić information content (AvgIpc) is 2.20. The Hall–Kier alpha value is 0.748. The van der Waals surface area contributed by atoms with Gasteiger partial charge in [-0.1, -0.05) is 84.1 Å². The van der Waals surface area contributed by atoms with Crippen LogP contribution >= 0.6 is 0 Å². The normalized spacial score (nSPS) is 14.1. The highest BCUT2D eigenvalue weighted by atomic mass is 28.5. The molecule has 194 valence electrons. The van der Waals surface area contributed by atoms with Crippen LogP contribution in [0.4, 0.5) is 0 Å². The fraction of sp³-hybridized carbons (Fsp3) is 1.00. The summed E-state index contributed by atoms with van der Waals surface area (Å²) in [5.74, 6) is 0.668. The second-order valence-electron chi connectivity index (χ2n) is 9.87. The first-order valence-electron chi connectivity index (χ1n) is 9.68. The Balaban J connectivity index is -0.000000176. The van der Waals surface area contributed by atoms with Gasteiger partial charge in [0.25, 0.3) is 0 Å². The van der Waals surface area contributed by atoms with E-state index in [1.54, 1.807) is 0 Å². The van der Waals surface area contributed by atoms with Crippen LogP contribution in [-0.4, -0.2) is 33.8 Å². The van der Waals surface area contributed by atoms with E-state index in [4.69, 9.17) is 12.3 Å². The smallest absolute Gasteiger partial charge is 0.316 e. The van der Waals surface area contributed by atoms with E-state index in [1.807, 2.05) is 0 Å². The molecule has 0 aromatic heterocycles. The van der Waals surface area contributed by atoms with E-state index in [9.17, 15) is 0 Å². The molecule has 7 heteroatoms. The fourth-order valence-electron chi connectivity index (χ4n) is 3.51. The van der Waals surface area contributed by atoms with E-state index in [0.717, 1.165) is 6.04 Å². The maximum atomic E-state index is 6.76. The maximum absolute atomic E-state index is 6.76. The molecule has 0 heterocycles. The molecule has 0 rings (SSSR count). The highest BCUT2D eigenvalue weighted by Gasteiger charge is 2.45. The van der Waals surface area contributed by atoms with E-state index >= 15 is 0 Å². The van der Waals surface area contributed by atoms with Crippen molar-refractivity contribution in [2.45, 2.75) is 149 Å². The lowest BCUT2D eigenvalue weighted by Gasteiger charge is -2.42. The van der Waals surface area contributed by atoms with E-state index in [1.165, 1.54) is 25.7 Å². The molecule has 0 radical (unpaired) electrons. The van der Waals surface area contributed by atoms with Crippen molar-refractivity contribution in [1.29, 1.82) is 0 Å². The van der Waals surface area contributed by atoms with Gasteiger partial charge in [0.1, 0.15) is 0 Å². The monoisotopic (exact) mass is 504 g/mol. The summed E-state index contributed by atoms with van der Waals surface area (Å²) < 4.78 is 19.9. The molecule has 0 saturated carbocycles. The molecule has 0 aromatic carbocycles. The lowest BCUT2D eigenvalue weighted by molar-refractivity contribution is 0.313. The molecule has 0 saturated heterocycles. The Bertz CT molecular complexity index is 366. The fourth-order valence-corrected chi connectivity index (χ4v) is 22.0. The van der Waals surface area contributed by atoms with Crippen LogP contribution in [0.2, 0.25) is 65.0 Å². The molecule has 0 bridgehead atoms. The van der Waals surface area contributed by atoms with Crippen molar-refractivity contribution in [2.75, 3.05) is 0 Å². The number of rotatable bonds is 12. The Morgan fingerprint density at radius 3 is 1.33 bits per heavy atom. The van der Waals surface area contributed by atoms with Crippen LogP contribution < -0.4 is 0 Å². The van der Waals surface area contributed by atoms with E-state index in [2.05, 4.69) is 72.8 Å². The summed E-state index contributed by atoms with van der Waals surface area (Å²) >= 11 is 0. The predicted molar refractivity (Wildman–Crippen MR) is 158 cm³/mol. The minimum atomic E-state index is -2.22. The van der Waals surface area contributed by atoms with Crippen molar-refractivity contribution < 1.29 is 12.3 Å². The molecule has 2 atom stereocenters. The van der Waals surface area contributed by atoms with Gasteiger partial charge in [0.05, 0.1) is 0 Å². The Morgan fingerprint density at radius 1 is 0.600 bits per heavy atom.